The van der Waals surface area contributed by atoms with E-state index in [1.54, 1.807) is 6.07 Å². The Labute approximate surface area is 96.6 Å². The minimum Gasteiger partial charge on any atom is -0.508 e. The maximum absolute atomic E-state index is 9.55. The summed E-state index contributed by atoms with van der Waals surface area (Å²) in [7, 11) is 4.10. The lowest BCUT2D eigenvalue weighted by Gasteiger charge is -2.28. The van der Waals surface area contributed by atoms with E-state index in [9.17, 15) is 5.11 Å². The first-order chi connectivity index (χ1) is 7.40. The van der Waals surface area contributed by atoms with Crippen LogP contribution in [0.3, 0.4) is 0 Å². The number of benzene rings is 1. The third-order valence-electron chi connectivity index (χ3n) is 3.13. The number of likely N-dealkylation sites (N-methyl/N-ethyl adjacent to an activating group) is 1. The standard InChI is InChI=1S/C13H19NO2/c1-13(2)11(8-14(3)4)10-7-9(15)5-6-12(10)16-13/h5-7,11,15H,8H2,1-4H3/t11-/m0/s1. The lowest BCUT2D eigenvalue weighted by atomic mass is 9.86. The summed E-state index contributed by atoms with van der Waals surface area (Å²) in [5.74, 6) is 1.50. The molecular weight excluding hydrogens is 202 g/mol. The van der Waals surface area contributed by atoms with Crippen molar-refractivity contribution in [3.63, 3.8) is 0 Å². The number of phenolic OH excluding ortho intramolecular Hbond substituents is 1. The van der Waals surface area contributed by atoms with E-state index in [4.69, 9.17) is 4.74 Å². The molecule has 0 bridgehead atoms. The summed E-state index contributed by atoms with van der Waals surface area (Å²) >= 11 is 0. The average molecular weight is 221 g/mol. The van der Waals surface area contributed by atoms with Gasteiger partial charge in [-0.25, -0.2) is 0 Å². The van der Waals surface area contributed by atoms with Gasteiger partial charge in [0.1, 0.15) is 17.1 Å². The maximum atomic E-state index is 9.55. The van der Waals surface area contributed by atoms with Gasteiger partial charge >= 0.3 is 0 Å². The molecule has 0 spiro atoms. The number of phenols is 1. The zero-order valence-corrected chi connectivity index (χ0v) is 10.3. The van der Waals surface area contributed by atoms with E-state index in [0.717, 1.165) is 17.9 Å². The normalized spacial score (nSPS) is 21.9. The van der Waals surface area contributed by atoms with Gasteiger partial charge in [-0.3, -0.25) is 0 Å². The van der Waals surface area contributed by atoms with E-state index >= 15 is 0 Å². The van der Waals surface area contributed by atoms with Crippen molar-refractivity contribution in [2.75, 3.05) is 20.6 Å². The second kappa shape index (κ2) is 3.67. The zero-order valence-electron chi connectivity index (χ0n) is 10.3. The summed E-state index contributed by atoms with van der Waals surface area (Å²) in [5.41, 5.74) is 0.902. The molecule has 2 rings (SSSR count). The van der Waals surface area contributed by atoms with Gasteiger partial charge in [-0.05, 0) is 46.1 Å². The van der Waals surface area contributed by atoms with Crippen LogP contribution in [0.4, 0.5) is 0 Å². The summed E-state index contributed by atoms with van der Waals surface area (Å²) in [5, 5.41) is 9.55. The molecule has 88 valence electrons. The second-order valence-corrected chi connectivity index (χ2v) is 5.24. The van der Waals surface area contributed by atoms with Gasteiger partial charge in [-0.2, -0.15) is 0 Å². The molecule has 1 aliphatic rings. The number of ether oxygens (including phenoxy) is 1. The third-order valence-corrected chi connectivity index (χ3v) is 3.13. The highest BCUT2D eigenvalue weighted by molar-refractivity contribution is 5.47. The molecule has 0 unspecified atom stereocenters. The Bertz CT molecular complexity index is 399. The highest BCUT2D eigenvalue weighted by atomic mass is 16.5. The van der Waals surface area contributed by atoms with Crippen molar-refractivity contribution in [3.05, 3.63) is 23.8 Å². The molecule has 3 nitrogen and oxygen atoms in total. The van der Waals surface area contributed by atoms with Gasteiger partial charge in [0, 0.05) is 18.0 Å². The van der Waals surface area contributed by atoms with Crippen LogP contribution in [0.5, 0.6) is 11.5 Å². The van der Waals surface area contributed by atoms with Gasteiger partial charge < -0.3 is 14.7 Å². The van der Waals surface area contributed by atoms with Gasteiger partial charge in [0.05, 0.1) is 0 Å². The summed E-state index contributed by atoms with van der Waals surface area (Å²) in [6.45, 7) is 5.11. The molecule has 1 aromatic carbocycles. The van der Waals surface area contributed by atoms with E-state index in [2.05, 4.69) is 32.8 Å². The van der Waals surface area contributed by atoms with Crippen LogP contribution in [0.2, 0.25) is 0 Å². The van der Waals surface area contributed by atoms with Gasteiger partial charge in [0.2, 0.25) is 0 Å². The Morgan fingerprint density at radius 1 is 1.38 bits per heavy atom. The fourth-order valence-corrected chi connectivity index (χ4v) is 2.31. The van der Waals surface area contributed by atoms with Crippen LogP contribution in [-0.4, -0.2) is 36.2 Å². The lowest BCUT2D eigenvalue weighted by molar-refractivity contribution is 0.0979. The van der Waals surface area contributed by atoms with Gasteiger partial charge in [0.25, 0.3) is 0 Å². The first-order valence-electron chi connectivity index (χ1n) is 5.57. The van der Waals surface area contributed by atoms with Crippen molar-refractivity contribution in [1.82, 2.24) is 4.90 Å². The highest BCUT2D eigenvalue weighted by Crippen LogP contribution is 2.45. The van der Waals surface area contributed by atoms with Gasteiger partial charge in [-0.15, -0.1) is 0 Å². The largest absolute Gasteiger partial charge is 0.508 e. The summed E-state index contributed by atoms with van der Waals surface area (Å²) < 4.78 is 5.92. The van der Waals surface area contributed by atoms with Crippen molar-refractivity contribution >= 4 is 0 Å². The Kier molecular flexibility index (Phi) is 2.58. The van der Waals surface area contributed by atoms with Crippen LogP contribution in [0.15, 0.2) is 18.2 Å². The fourth-order valence-electron chi connectivity index (χ4n) is 2.31. The molecule has 0 fully saturated rings. The first kappa shape index (κ1) is 11.3. The van der Waals surface area contributed by atoms with E-state index in [0.29, 0.717) is 11.7 Å². The summed E-state index contributed by atoms with van der Waals surface area (Å²) in [6.07, 6.45) is 0. The molecule has 0 aliphatic carbocycles. The molecule has 0 saturated heterocycles. The van der Waals surface area contributed by atoms with Crippen LogP contribution in [-0.2, 0) is 0 Å². The number of hydrogen-bond donors (Lipinski definition) is 1. The lowest BCUT2D eigenvalue weighted by Crippen LogP contribution is -2.36. The van der Waals surface area contributed by atoms with Crippen LogP contribution in [0.25, 0.3) is 0 Å². The highest BCUT2D eigenvalue weighted by Gasteiger charge is 2.41. The molecule has 1 N–H and O–H groups in total. The van der Waals surface area contributed by atoms with Crippen LogP contribution in [0, 0.1) is 0 Å². The predicted octanol–water partition coefficient (Wildman–Crippen LogP) is 2.21. The van der Waals surface area contributed by atoms with E-state index in [1.165, 1.54) is 0 Å². The molecular formula is C13H19NO2. The van der Waals surface area contributed by atoms with Crippen molar-refractivity contribution in [3.8, 4) is 11.5 Å². The average Bonchev–Trinajstić information content (AvgIpc) is 2.38. The summed E-state index contributed by atoms with van der Waals surface area (Å²) in [4.78, 5) is 2.15. The molecule has 1 heterocycles. The second-order valence-electron chi connectivity index (χ2n) is 5.24. The van der Waals surface area contributed by atoms with Crippen molar-refractivity contribution in [1.29, 1.82) is 0 Å². The number of hydrogen-bond acceptors (Lipinski definition) is 3. The fraction of sp³-hybridized carbons (Fsp3) is 0.538. The van der Waals surface area contributed by atoms with Crippen LogP contribution in [0.1, 0.15) is 25.3 Å². The molecule has 3 heteroatoms. The first-order valence-corrected chi connectivity index (χ1v) is 5.57. The topological polar surface area (TPSA) is 32.7 Å². The van der Waals surface area contributed by atoms with E-state index in [1.807, 2.05) is 12.1 Å². The number of fused-ring (bicyclic) bond motifs is 1. The Morgan fingerprint density at radius 3 is 2.69 bits per heavy atom. The van der Waals surface area contributed by atoms with Gasteiger partial charge in [-0.1, -0.05) is 0 Å². The minimum absolute atomic E-state index is 0.208. The van der Waals surface area contributed by atoms with Gasteiger partial charge in [0.15, 0.2) is 0 Å². The molecule has 16 heavy (non-hydrogen) atoms. The van der Waals surface area contributed by atoms with E-state index in [-0.39, 0.29) is 5.60 Å². The monoisotopic (exact) mass is 221 g/mol. The maximum Gasteiger partial charge on any atom is 0.124 e. The molecule has 0 radical (unpaired) electrons. The number of aromatic hydroxyl groups is 1. The number of nitrogens with zero attached hydrogens (tertiary/aromatic N) is 1. The molecule has 1 atom stereocenters. The predicted molar refractivity (Wildman–Crippen MR) is 64.1 cm³/mol. The quantitative estimate of drug-likeness (QED) is 0.831. The third kappa shape index (κ3) is 1.87. The van der Waals surface area contributed by atoms with Crippen molar-refractivity contribution in [2.24, 2.45) is 0 Å². The molecule has 0 amide bonds. The van der Waals surface area contributed by atoms with Crippen LogP contribution >= 0.6 is 0 Å². The minimum atomic E-state index is -0.208. The Hall–Kier alpha value is -1.22. The smallest absolute Gasteiger partial charge is 0.124 e. The molecule has 1 aliphatic heterocycles. The number of rotatable bonds is 2. The molecule has 1 aromatic rings. The molecule has 0 saturated carbocycles. The van der Waals surface area contributed by atoms with Crippen molar-refractivity contribution in [2.45, 2.75) is 25.4 Å². The zero-order chi connectivity index (χ0) is 11.9. The van der Waals surface area contributed by atoms with Crippen molar-refractivity contribution < 1.29 is 9.84 Å². The Balaban J connectivity index is 2.39. The van der Waals surface area contributed by atoms with E-state index < -0.39 is 0 Å². The van der Waals surface area contributed by atoms with Crippen LogP contribution < -0.4 is 4.74 Å². The Morgan fingerprint density at radius 2 is 2.06 bits per heavy atom. The molecule has 0 aromatic heterocycles. The summed E-state index contributed by atoms with van der Waals surface area (Å²) in [6, 6.07) is 5.34. The SMILES string of the molecule is CN(C)C[C@H]1c2cc(O)ccc2OC1(C)C.